The second-order valence-electron chi connectivity index (χ2n) is 12.5. The summed E-state index contributed by atoms with van der Waals surface area (Å²) in [6.07, 6.45) is 15.9. The molecular formula is C43H32. The van der Waals surface area contributed by atoms with E-state index >= 15 is 0 Å². The molecule has 1 fully saturated rings. The van der Waals surface area contributed by atoms with Crippen molar-refractivity contribution in [2.75, 3.05) is 0 Å². The zero-order valence-corrected chi connectivity index (χ0v) is 24.1. The van der Waals surface area contributed by atoms with Crippen molar-refractivity contribution in [2.24, 2.45) is 11.8 Å². The summed E-state index contributed by atoms with van der Waals surface area (Å²) in [5, 5.41) is 8.00. The first-order valence-corrected chi connectivity index (χ1v) is 15.5. The Labute approximate surface area is 253 Å². The van der Waals surface area contributed by atoms with E-state index in [2.05, 4.69) is 146 Å². The van der Waals surface area contributed by atoms with Crippen LogP contribution in [0.2, 0.25) is 0 Å². The van der Waals surface area contributed by atoms with E-state index in [1.165, 1.54) is 77.7 Å². The second-order valence-corrected chi connectivity index (χ2v) is 12.5. The SMILES string of the molecule is C=CC1=CC=C2C=CC=C3CC(c4ccc(-c5ccc(-c6ccc7ccc8cccc9ccc6c7c89)cc5)cc4)CC1C23. The number of hydrogen-bond acceptors (Lipinski definition) is 0. The van der Waals surface area contributed by atoms with Crippen LogP contribution in [0.15, 0.2) is 163 Å². The highest BCUT2D eigenvalue weighted by atomic mass is 14.4. The maximum absolute atomic E-state index is 4.14. The Morgan fingerprint density at radius 1 is 0.628 bits per heavy atom. The molecule has 3 unspecified atom stereocenters. The third kappa shape index (κ3) is 3.83. The second kappa shape index (κ2) is 9.54. The third-order valence-corrected chi connectivity index (χ3v) is 10.4. The van der Waals surface area contributed by atoms with Crippen LogP contribution in [0.3, 0.4) is 0 Å². The van der Waals surface area contributed by atoms with Crippen LogP contribution >= 0.6 is 0 Å². The molecule has 6 aromatic rings. The van der Waals surface area contributed by atoms with Crippen molar-refractivity contribution in [3.63, 3.8) is 0 Å². The molecule has 0 heteroatoms. The van der Waals surface area contributed by atoms with Gasteiger partial charge in [0.1, 0.15) is 0 Å². The van der Waals surface area contributed by atoms with E-state index in [0.717, 1.165) is 6.42 Å². The molecule has 0 aromatic heterocycles. The van der Waals surface area contributed by atoms with E-state index in [1.807, 2.05) is 0 Å². The fraction of sp³-hybridized carbons (Fsp3) is 0.116. The molecule has 3 aliphatic carbocycles. The minimum absolute atomic E-state index is 0.527. The van der Waals surface area contributed by atoms with Crippen molar-refractivity contribution in [3.05, 3.63) is 168 Å². The first-order valence-electron chi connectivity index (χ1n) is 15.5. The van der Waals surface area contributed by atoms with Gasteiger partial charge < -0.3 is 0 Å². The Hall–Kier alpha value is -4.94. The van der Waals surface area contributed by atoms with Gasteiger partial charge in [-0.15, -0.1) is 0 Å². The summed E-state index contributed by atoms with van der Waals surface area (Å²) in [5.74, 6) is 1.59. The summed E-state index contributed by atoms with van der Waals surface area (Å²) in [5.41, 5.74) is 11.0. The van der Waals surface area contributed by atoms with Crippen LogP contribution < -0.4 is 0 Å². The average Bonchev–Trinajstić information content (AvgIpc) is 3.07. The van der Waals surface area contributed by atoms with Crippen molar-refractivity contribution in [1.82, 2.24) is 0 Å². The van der Waals surface area contributed by atoms with Crippen molar-refractivity contribution in [3.8, 4) is 22.3 Å². The third-order valence-electron chi connectivity index (χ3n) is 10.4. The molecule has 0 N–H and O–H groups in total. The van der Waals surface area contributed by atoms with Crippen LogP contribution in [-0.4, -0.2) is 0 Å². The molecule has 0 saturated heterocycles. The molecule has 0 nitrogen and oxygen atoms in total. The predicted molar refractivity (Wildman–Crippen MR) is 184 cm³/mol. The van der Waals surface area contributed by atoms with Crippen LogP contribution in [-0.2, 0) is 0 Å². The molecule has 9 rings (SSSR count). The summed E-state index contributed by atoms with van der Waals surface area (Å²) in [4.78, 5) is 0. The fourth-order valence-electron chi connectivity index (χ4n) is 8.25. The maximum Gasteiger partial charge on any atom is 0.0120 e. The normalized spacial score (nSPS) is 21.0. The zero-order chi connectivity index (χ0) is 28.5. The minimum atomic E-state index is 0.527. The van der Waals surface area contributed by atoms with Gasteiger partial charge in [-0.05, 0) is 96.0 Å². The molecule has 0 spiro atoms. The van der Waals surface area contributed by atoms with E-state index < -0.39 is 0 Å². The highest BCUT2D eigenvalue weighted by Gasteiger charge is 2.39. The van der Waals surface area contributed by atoms with E-state index in [1.54, 1.807) is 5.57 Å². The number of rotatable bonds is 4. The van der Waals surface area contributed by atoms with Crippen molar-refractivity contribution >= 4 is 32.3 Å². The highest BCUT2D eigenvalue weighted by Crippen LogP contribution is 2.51. The number of allylic oxidation sites excluding steroid dienone is 9. The Bertz CT molecular complexity index is 2160. The zero-order valence-electron chi connectivity index (χ0n) is 24.1. The summed E-state index contributed by atoms with van der Waals surface area (Å²) in [6, 6.07) is 38.8. The Morgan fingerprint density at radius 2 is 1.30 bits per heavy atom. The molecule has 3 aliphatic rings. The first-order chi connectivity index (χ1) is 21.2. The Kier molecular flexibility index (Phi) is 5.47. The molecule has 0 aliphatic heterocycles. The van der Waals surface area contributed by atoms with Crippen LogP contribution in [0.25, 0.3) is 54.6 Å². The summed E-state index contributed by atoms with van der Waals surface area (Å²) in [7, 11) is 0. The molecule has 204 valence electrons. The van der Waals surface area contributed by atoms with Crippen LogP contribution in [0.1, 0.15) is 24.3 Å². The smallest absolute Gasteiger partial charge is 0.0120 e. The molecular weight excluding hydrogens is 516 g/mol. The van der Waals surface area contributed by atoms with Gasteiger partial charge in [-0.3, -0.25) is 0 Å². The lowest BCUT2D eigenvalue weighted by atomic mass is 9.61. The van der Waals surface area contributed by atoms with Gasteiger partial charge in [0.25, 0.3) is 0 Å². The van der Waals surface area contributed by atoms with Gasteiger partial charge in [0.2, 0.25) is 0 Å². The van der Waals surface area contributed by atoms with Crippen molar-refractivity contribution < 1.29 is 0 Å². The quantitative estimate of drug-likeness (QED) is 0.192. The first kappa shape index (κ1) is 24.6. The van der Waals surface area contributed by atoms with Gasteiger partial charge in [0.15, 0.2) is 0 Å². The van der Waals surface area contributed by atoms with E-state index in [0.29, 0.717) is 17.8 Å². The summed E-state index contributed by atoms with van der Waals surface area (Å²) < 4.78 is 0. The molecule has 0 amide bonds. The van der Waals surface area contributed by atoms with Gasteiger partial charge in [-0.1, -0.05) is 152 Å². The predicted octanol–water partition coefficient (Wildman–Crippen LogP) is 11.6. The lowest BCUT2D eigenvalue weighted by Gasteiger charge is -2.42. The molecule has 0 bridgehead atoms. The largest absolute Gasteiger partial charge is 0.0988 e. The number of benzene rings is 6. The monoisotopic (exact) mass is 548 g/mol. The van der Waals surface area contributed by atoms with Crippen LogP contribution in [0.5, 0.6) is 0 Å². The molecule has 6 aromatic carbocycles. The van der Waals surface area contributed by atoms with E-state index in [-0.39, 0.29) is 0 Å². The van der Waals surface area contributed by atoms with E-state index in [4.69, 9.17) is 0 Å². The van der Waals surface area contributed by atoms with Crippen molar-refractivity contribution in [2.45, 2.75) is 18.8 Å². The van der Waals surface area contributed by atoms with Gasteiger partial charge in [-0.25, -0.2) is 0 Å². The minimum Gasteiger partial charge on any atom is -0.0988 e. The van der Waals surface area contributed by atoms with Crippen molar-refractivity contribution in [1.29, 1.82) is 0 Å². The Balaban J connectivity index is 1.01. The molecule has 43 heavy (non-hydrogen) atoms. The van der Waals surface area contributed by atoms with E-state index in [9.17, 15) is 0 Å². The molecule has 3 atom stereocenters. The lowest BCUT2D eigenvalue weighted by Crippen LogP contribution is -2.31. The average molecular weight is 549 g/mol. The highest BCUT2D eigenvalue weighted by molar-refractivity contribution is 6.25. The summed E-state index contributed by atoms with van der Waals surface area (Å²) in [6.45, 7) is 4.14. The standard InChI is InChI=1S/C43H32/c1-2-27-9-18-32-5-4-8-36-25-37(26-40(27)41(32)36)30-12-10-28(11-13-30)29-14-16-31(17-15-29)38-23-21-35-20-19-33-6-3-7-34-22-24-39(38)43(35)42(33)34/h2-24,37,40-41H,1,25-26H2. The lowest BCUT2D eigenvalue weighted by molar-refractivity contribution is 0.354. The Morgan fingerprint density at radius 3 is 2.07 bits per heavy atom. The molecule has 1 saturated carbocycles. The van der Waals surface area contributed by atoms with Crippen LogP contribution in [0, 0.1) is 11.8 Å². The molecule has 0 heterocycles. The maximum atomic E-state index is 4.14. The van der Waals surface area contributed by atoms with Gasteiger partial charge in [0, 0.05) is 5.92 Å². The van der Waals surface area contributed by atoms with Gasteiger partial charge >= 0.3 is 0 Å². The fourth-order valence-corrected chi connectivity index (χ4v) is 8.25. The van der Waals surface area contributed by atoms with Crippen LogP contribution in [0.4, 0.5) is 0 Å². The topological polar surface area (TPSA) is 0 Å². The van der Waals surface area contributed by atoms with Gasteiger partial charge in [-0.2, -0.15) is 0 Å². The number of hydrogen-bond donors (Lipinski definition) is 0. The van der Waals surface area contributed by atoms with Gasteiger partial charge in [0.05, 0.1) is 0 Å². The molecule has 0 radical (unpaired) electrons. The summed E-state index contributed by atoms with van der Waals surface area (Å²) >= 11 is 0.